The van der Waals surface area contributed by atoms with Gasteiger partial charge in [-0.05, 0) is 61.7 Å². The number of amides is 1. The molecule has 1 fully saturated rings. The van der Waals surface area contributed by atoms with Gasteiger partial charge in [-0.2, -0.15) is 0 Å². The summed E-state index contributed by atoms with van der Waals surface area (Å²) in [6.45, 7) is 4.39. The molecule has 0 radical (unpaired) electrons. The Balaban J connectivity index is 1.76. The van der Waals surface area contributed by atoms with Gasteiger partial charge < -0.3 is 24.2 Å². The maximum Gasteiger partial charge on any atom is 0.295 e. The smallest absolute Gasteiger partial charge is 0.295 e. The van der Waals surface area contributed by atoms with E-state index < -0.39 is 17.7 Å². The monoisotopic (exact) mass is 535 g/mol. The molecule has 0 aliphatic carbocycles. The minimum Gasteiger partial charge on any atom is -0.507 e. The van der Waals surface area contributed by atoms with Gasteiger partial charge in [0.1, 0.15) is 11.5 Å². The summed E-state index contributed by atoms with van der Waals surface area (Å²) in [5.41, 5.74) is 2.98. The number of benzene rings is 3. The summed E-state index contributed by atoms with van der Waals surface area (Å²) in [7, 11) is 3.13. The molecule has 198 valence electrons. The second kappa shape index (κ2) is 11.6. The lowest BCUT2D eigenvalue weighted by molar-refractivity contribution is -0.139. The fourth-order valence-corrected chi connectivity index (χ4v) is 4.83. The van der Waals surface area contributed by atoms with Crippen LogP contribution in [-0.4, -0.2) is 49.1 Å². The van der Waals surface area contributed by atoms with Crippen LogP contribution in [0, 0.1) is 6.92 Å². The SMILES string of the molecule is CCOc1cc(/C(O)=C2/C(=O)C(=O)N(CCc3ccc(OC)c(OC)c3)C2c2cccc(C)c2)ccc1Cl. The van der Waals surface area contributed by atoms with Crippen molar-refractivity contribution < 1.29 is 28.9 Å². The molecule has 7 nitrogen and oxygen atoms in total. The van der Waals surface area contributed by atoms with Crippen LogP contribution >= 0.6 is 11.6 Å². The Morgan fingerprint density at radius 3 is 2.42 bits per heavy atom. The molecule has 1 unspecified atom stereocenters. The first-order valence-electron chi connectivity index (χ1n) is 12.3. The van der Waals surface area contributed by atoms with E-state index in [0.717, 1.165) is 16.7 Å². The number of ether oxygens (including phenoxy) is 3. The average Bonchev–Trinajstić information content (AvgIpc) is 3.17. The zero-order valence-electron chi connectivity index (χ0n) is 21.8. The predicted molar refractivity (Wildman–Crippen MR) is 146 cm³/mol. The van der Waals surface area contributed by atoms with Crippen molar-refractivity contribution in [1.29, 1.82) is 0 Å². The van der Waals surface area contributed by atoms with Gasteiger partial charge in [0.05, 0.1) is 37.5 Å². The van der Waals surface area contributed by atoms with Crippen LogP contribution in [0.2, 0.25) is 5.02 Å². The molecular formula is C30H30ClNO6. The highest BCUT2D eigenvalue weighted by molar-refractivity contribution is 6.46. The quantitative estimate of drug-likeness (QED) is 0.214. The maximum absolute atomic E-state index is 13.4. The predicted octanol–water partition coefficient (Wildman–Crippen LogP) is 5.73. The molecule has 0 spiro atoms. The molecule has 8 heteroatoms. The van der Waals surface area contributed by atoms with Crippen molar-refractivity contribution in [2.45, 2.75) is 26.3 Å². The van der Waals surface area contributed by atoms with Crippen molar-refractivity contribution in [3.63, 3.8) is 0 Å². The topological polar surface area (TPSA) is 85.3 Å². The Labute approximate surface area is 227 Å². The third-order valence-corrected chi connectivity index (χ3v) is 6.80. The van der Waals surface area contributed by atoms with Crippen LogP contribution in [0.15, 0.2) is 66.2 Å². The van der Waals surface area contributed by atoms with Gasteiger partial charge >= 0.3 is 0 Å². The molecule has 1 atom stereocenters. The van der Waals surface area contributed by atoms with Gasteiger partial charge in [0, 0.05) is 12.1 Å². The summed E-state index contributed by atoms with van der Waals surface area (Å²) in [5.74, 6) is -0.123. The molecule has 4 rings (SSSR count). The van der Waals surface area contributed by atoms with Crippen LogP contribution in [0.4, 0.5) is 0 Å². The van der Waals surface area contributed by atoms with Crippen molar-refractivity contribution in [2.24, 2.45) is 0 Å². The highest BCUT2D eigenvalue weighted by atomic mass is 35.5. The van der Waals surface area contributed by atoms with E-state index in [-0.39, 0.29) is 17.9 Å². The van der Waals surface area contributed by atoms with E-state index in [4.69, 9.17) is 25.8 Å². The third kappa shape index (κ3) is 5.34. The Morgan fingerprint density at radius 2 is 1.74 bits per heavy atom. The van der Waals surface area contributed by atoms with E-state index in [0.29, 0.717) is 40.9 Å². The minimum atomic E-state index is -0.763. The van der Waals surface area contributed by atoms with E-state index >= 15 is 0 Å². The lowest BCUT2D eigenvalue weighted by Gasteiger charge is -2.26. The summed E-state index contributed by atoms with van der Waals surface area (Å²) in [6, 6.07) is 17.1. The van der Waals surface area contributed by atoms with Gasteiger partial charge in [-0.15, -0.1) is 0 Å². The van der Waals surface area contributed by atoms with E-state index in [1.54, 1.807) is 38.5 Å². The van der Waals surface area contributed by atoms with Gasteiger partial charge in [-0.25, -0.2) is 0 Å². The molecule has 1 heterocycles. The van der Waals surface area contributed by atoms with Gasteiger partial charge in [-0.3, -0.25) is 9.59 Å². The Bertz CT molecular complexity index is 1400. The number of hydrogen-bond donors (Lipinski definition) is 1. The highest BCUT2D eigenvalue weighted by Crippen LogP contribution is 2.41. The molecule has 0 bridgehead atoms. The van der Waals surface area contributed by atoms with Crippen molar-refractivity contribution in [2.75, 3.05) is 27.4 Å². The number of Topliss-reactive ketones (excluding diaryl/α,β-unsaturated/α-hetero) is 1. The summed E-state index contributed by atoms with van der Waals surface area (Å²) in [6.07, 6.45) is 0.463. The molecule has 1 saturated heterocycles. The van der Waals surface area contributed by atoms with Crippen molar-refractivity contribution in [1.82, 2.24) is 4.90 Å². The number of hydrogen-bond acceptors (Lipinski definition) is 6. The molecule has 0 aromatic heterocycles. The molecule has 0 saturated carbocycles. The van der Waals surface area contributed by atoms with Crippen LogP contribution in [0.25, 0.3) is 5.76 Å². The standard InChI is InChI=1S/C30H30ClNO6/c1-5-38-24-17-21(10-11-22(24)31)28(33)26-27(20-8-6-7-18(2)15-20)32(30(35)29(26)34)14-13-19-9-12-23(36-3)25(16-19)37-4/h6-12,15-17,27,33H,5,13-14H2,1-4H3/b28-26-. The number of nitrogens with zero attached hydrogens (tertiary/aromatic N) is 1. The fourth-order valence-electron chi connectivity index (χ4n) is 4.66. The number of ketones is 1. The minimum absolute atomic E-state index is 0.0256. The van der Waals surface area contributed by atoms with E-state index in [1.165, 1.54) is 4.90 Å². The molecule has 38 heavy (non-hydrogen) atoms. The van der Waals surface area contributed by atoms with Crippen LogP contribution in [0.3, 0.4) is 0 Å². The second-order valence-corrected chi connectivity index (χ2v) is 9.33. The second-order valence-electron chi connectivity index (χ2n) is 8.92. The van der Waals surface area contributed by atoms with Crippen molar-refractivity contribution in [3.05, 3.63) is 93.5 Å². The van der Waals surface area contributed by atoms with E-state index in [2.05, 4.69) is 0 Å². The molecule has 1 amide bonds. The normalized spacial score (nSPS) is 16.6. The van der Waals surface area contributed by atoms with Gasteiger partial charge in [0.2, 0.25) is 0 Å². The third-order valence-electron chi connectivity index (χ3n) is 6.49. The number of rotatable bonds is 9. The maximum atomic E-state index is 13.4. The Hall–Kier alpha value is -3.97. The zero-order valence-corrected chi connectivity index (χ0v) is 22.5. The number of halogens is 1. The molecule has 3 aromatic rings. The number of aryl methyl sites for hydroxylation is 1. The van der Waals surface area contributed by atoms with Crippen molar-refractivity contribution >= 4 is 29.1 Å². The van der Waals surface area contributed by atoms with Crippen LogP contribution in [0.5, 0.6) is 17.2 Å². The molecular weight excluding hydrogens is 506 g/mol. The number of carbonyl (C=O) groups is 2. The summed E-state index contributed by atoms with van der Waals surface area (Å²) in [4.78, 5) is 28.2. The number of aliphatic hydroxyl groups excluding tert-OH is 1. The molecule has 1 aliphatic rings. The first kappa shape index (κ1) is 27.1. The van der Waals surface area contributed by atoms with Crippen molar-refractivity contribution in [3.8, 4) is 17.2 Å². The lowest BCUT2D eigenvalue weighted by atomic mass is 9.94. The summed E-state index contributed by atoms with van der Waals surface area (Å²) < 4.78 is 16.3. The molecule has 1 N–H and O–H groups in total. The molecule has 1 aliphatic heterocycles. The Kier molecular flexibility index (Phi) is 8.27. The fraction of sp³-hybridized carbons (Fsp3) is 0.267. The molecule has 3 aromatic carbocycles. The number of carbonyl (C=O) groups excluding carboxylic acids is 2. The van der Waals surface area contributed by atoms with Crippen LogP contribution in [0.1, 0.15) is 35.2 Å². The van der Waals surface area contributed by atoms with Gasteiger partial charge in [0.15, 0.2) is 11.5 Å². The number of aliphatic hydroxyl groups is 1. The zero-order chi connectivity index (χ0) is 27.4. The lowest BCUT2D eigenvalue weighted by Crippen LogP contribution is -2.31. The van der Waals surface area contributed by atoms with Gasteiger partial charge in [0.25, 0.3) is 11.7 Å². The highest BCUT2D eigenvalue weighted by Gasteiger charge is 2.46. The number of likely N-dealkylation sites (tertiary alicyclic amines) is 1. The summed E-state index contributed by atoms with van der Waals surface area (Å²) in [5, 5.41) is 11.8. The van der Waals surface area contributed by atoms with Crippen LogP contribution in [-0.2, 0) is 16.0 Å². The first-order valence-corrected chi connectivity index (χ1v) is 12.6. The Morgan fingerprint density at radius 1 is 0.974 bits per heavy atom. The number of methoxy groups -OCH3 is 2. The van der Waals surface area contributed by atoms with E-state index in [1.807, 2.05) is 50.2 Å². The first-order chi connectivity index (χ1) is 18.3. The van der Waals surface area contributed by atoms with E-state index in [9.17, 15) is 14.7 Å². The van der Waals surface area contributed by atoms with Gasteiger partial charge in [-0.1, -0.05) is 47.5 Å². The van der Waals surface area contributed by atoms with Crippen LogP contribution < -0.4 is 14.2 Å². The average molecular weight is 536 g/mol. The largest absolute Gasteiger partial charge is 0.507 e. The summed E-state index contributed by atoms with van der Waals surface area (Å²) >= 11 is 6.23.